The van der Waals surface area contributed by atoms with Crippen molar-refractivity contribution in [3.8, 4) is 11.5 Å². The van der Waals surface area contributed by atoms with Crippen molar-refractivity contribution < 1.29 is 9.47 Å². The third-order valence-corrected chi connectivity index (χ3v) is 3.17. The molecule has 0 spiro atoms. The third-order valence-electron chi connectivity index (χ3n) is 3.17. The van der Waals surface area contributed by atoms with Gasteiger partial charge in [-0.1, -0.05) is 49.1 Å². The maximum Gasteiger partial charge on any atom is 0.161 e. The monoisotopic (exact) mass is 297 g/mol. The van der Waals surface area contributed by atoms with Crippen LogP contribution in [0.4, 0.5) is 0 Å². The number of benzene rings is 2. The molecule has 0 amide bonds. The normalized spacial score (nSPS) is 10.2. The Morgan fingerprint density at radius 3 is 2.45 bits per heavy atom. The van der Waals surface area contributed by atoms with Crippen LogP contribution in [0.25, 0.3) is 0 Å². The van der Waals surface area contributed by atoms with Crippen LogP contribution in [-0.2, 0) is 13.1 Å². The Labute approximate surface area is 132 Å². The Morgan fingerprint density at radius 2 is 1.73 bits per heavy atom. The van der Waals surface area contributed by atoms with Crippen LogP contribution >= 0.6 is 0 Å². The Balaban J connectivity index is 1.95. The highest BCUT2D eigenvalue weighted by Gasteiger charge is 2.06. The summed E-state index contributed by atoms with van der Waals surface area (Å²) >= 11 is 0. The topological polar surface area (TPSA) is 30.5 Å². The smallest absolute Gasteiger partial charge is 0.161 e. The number of hydrogen-bond donors (Lipinski definition) is 1. The van der Waals surface area contributed by atoms with Crippen molar-refractivity contribution in [2.45, 2.75) is 20.0 Å². The van der Waals surface area contributed by atoms with E-state index in [9.17, 15) is 0 Å². The van der Waals surface area contributed by atoms with Gasteiger partial charge in [-0.2, -0.15) is 0 Å². The Hall–Kier alpha value is -2.26. The molecule has 0 radical (unpaired) electrons. The van der Waals surface area contributed by atoms with Gasteiger partial charge < -0.3 is 14.8 Å². The minimum atomic E-state index is 0.478. The average molecular weight is 297 g/mol. The maximum atomic E-state index is 5.65. The Morgan fingerprint density at radius 1 is 0.955 bits per heavy atom. The second-order valence-corrected chi connectivity index (χ2v) is 4.90. The van der Waals surface area contributed by atoms with Crippen molar-refractivity contribution in [1.82, 2.24) is 5.32 Å². The molecule has 0 saturated carbocycles. The fraction of sp³-hybridized carbons (Fsp3) is 0.263. The number of hydrogen-bond acceptors (Lipinski definition) is 3. The zero-order chi connectivity index (χ0) is 15.6. The molecule has 3 nitrogen and oxygen atoms in total. The van der Waals surface area contributed by atoms with Crippen LogP contribution < -0.4 is 14.8 Å². The van der Waals surface area contributed by atoms with Crippen LogP contribution in [0.1, 0.15) is 18.1 Å². The fourth-order valence-electron chi connectivity index (χ4n) is 2.15. The lowest BCUT2D eigenvalue weighted by Crippen LogP contribution is -2.12. The Bertz CT molecular complexity index is 581. The molecule has 116 valence electrons. The standard InChI is InChI=1S/C19H23NO2/c1-3-12-22-18-11-10-17(13-19(18)21-4-2)15-20-14-16-8-6-5-7-9-16/h3,5-11,13,20H,1,4,12,14-15H2,2H3. The summed E-state index contributed by atoms with van der Waals surface area (Å²) in [5.41, 5.74) is 2.45. The van der Waals surface area contributed by atoms with Gasteiger partial charge in [-0.05, 0) is 30.2 Å². The van der Waals surface area contributed by atoms with Crippen molar-refractivity contribution in [3.63, 3.8) is 0 Å². The van der Waals surface area contributed by atoms with Gasteiger partial charge in [0.1, 0.15) is 6.61 Å². The third kappa shape index (κ3) is 4.93. The van der Waals surface area contributed by atoms with Gasteiger partial charge in [0, 0.05) is 13.1 Å². The van der Waals surface area contributed by atoms with E-state index >= 15 is 0 Å². The van der Waals surface area contributed by atoms with E-state index in [1.807, 2.05) is 25.1 Å². The van der Waals surface area contributed by atoms with Gasteiger partial charge in [0.2, 0.25) is 0 Å². The zero-order valence-corrected chi connectivity index (χ0v) is 13.0. The minimum Gasteiger partial charge on any atom is -0.490 e. The molecule has 0 heterocycles. The van der Waals surface area contributed by atoms with E-state index in [2.05, 4.69) is 42.2 Å². The highest BCUT2D eigenvalue weighted by molar-refractivity contribution is 5.43. The lowest BCUT2D eigenvalue weighted by atomic mass is 10.2. The molecule has 0 atom stereocenters. The molecule has 0 aromatic heterocycles. The first-order chi connectivity index (χ1) is 10.8. The van der Waals surface area contributed by atoms with Gasteiger partial charge >= 0.3 is 0 Å². The molecule has 0 unspecified atom stereocenters. The molecule has 0 saturated heterocycles. The largest absolute Gasteiger partial charge is 0.490 e. The molecule has 22 heavy (non-hydrogen) atoms. The predicted octanol–water partition coefficient (Wildman–Crippen LogP) is 3.94. The van der Waals surface area contributed by atoms with Crippen molar-refractivity contribution in [2.24, 2.45) is 0 Å². The lowest BCUT2D eigenvalue weighted by Gasteiger charge is -2.13. The number of nitrogens with one attached hydrogen (secondary N) is 1. The molecule has 0 aliphatic heterocycles. The van der Waals surface area contributed by atoms with E-state index in [1.54, 1.807) is 6.08 Å². The maximum absolute atomic E-state index is 5.65. The Kier molecular flexibility index (Phi) is 6.52. The highest BCUT2D eigenvalue weighted by Crippen LogP contribution is 2.28. The molecule has 2 rings (SSSR count). The number of rotatable bonds is 9. The molecule has 2 aromatic carbocycles. The lowest BCUT2D eigenvalue weighted by molar-refractivity contribution is 0.296. The molecular formula is C19H23NO2. The van der Waals surface area contributed by atoms with E-state index < -0.39 is 0 Å². The first-order valence-corrected chi connectivity index (χ1v) is 7.57. The molecule has 2 aromatic rings. The van der Waals surface area contributed by atoms with Crippen LogP contribution in [-0.4, -0.2) is 13.2 Å². The first-order valence-electron chi connectivity index (χ1n) is 7.57. The molecule has 0 aliphatic carbocycles. The highest BCUT2D eigenvalue weighted by atomic mass is 16.5. The predicted molar refractivity (Wildman–Crippen MR) is 90.3 cm³/mol. The first kappa shape index (κ1) is 16.1. The fourth-order valence-corrected chi connectivity index (χ4v) is 2.15. The van der Waals surface area contributed by atoms with Crippen LogP contribution in [0.3, 0.4) is 0 Å². The van der Waals surface area contributed by atoms with Crippen LogP contribution in [0, 0.1) is 0 Å². The second kappa shape index (κ2) is 8.90. The summed E-state index contributed by atoms with van der Waals surface area (Å²) in [6, 6.07) is 16.4. The summed E-state index contributed by atoms with van der Waals surface area (Å²) in [4.78, 5) is 0. The molecule has 1 N–H and O–H groups in total. The van der Waals surface area contributed by atoms with E-state index in [-0.39, 0.29) is 0 Å². The van der Waals surface area contributed by atoms with Gasteiger partial charge in [-0.15, -0.1) is 0 Å². The minimum absolute atomic E-state index is 0.478. The summed E-state index contributed by atoms with van der Waals surface area (Å²) < 4.78 is 11.3. The molecule has 0 fully saturated rings. The average Bonchev–Trinajstić information content (AvgIpc) is 2.55. The van der Waals surface area contributed by atoms with E-state index in [4.69, 9.17) is 9.47 Å². The van der Waals surface area contributed by atoms with Crippen molar-refractivity contribution >= 4 is 0 Å². The second-order valence-electron chi connectivity index (χ2n) is 4.90. The molecule has 3 heteroatoms. The number of ether oxygens (including phenoxy) is 2. The molecule has 0 aliphatic rings. The van der Waals surface area contributed by atoms with E-state index in [1.165, 1.54) is 11.1 Å². The summed E-state index contributed by atoms with van der Waals surface area (Å²) in [5.74, 6) is 1.54. The summed E-state index contributed by atoms with van der Waals surface area (Å²) in [5, 5.41) is 3.44. The zero-order valence-electron chi connectivity index (χ0n) is 13.0. The van der Waals surface area contributed by atoms with Gasteiger partial charge in [-0.3, -0.25) is 0 Å². The van der Waals surface area contributed by atoms with Crippen molar-refractivity contribution in [2.75, 3.05) is 13.2 Å². The quantitative estimate of drug-likeness (QED) is 0.711. The summed E-state index contributed by atoms with van der Waals surface area (Å²) in [6.07, 6.45) is 1.73. The summed E-state index contributed by atoms with van der Waals surface area (Å²) in [6.45, 7) is 8.36. The summed E-state index contributed by atoms with van der Waals surface area (Å²) in [7, 11) is 0. The van der Waals surface area contributed by atoms with Gasteiger partial charge in [-0.25, -0.2) is 0 Å². The SMILES string of the molecule is C=CCOc1ccc(CNCc2ccccc2)cc1OCC. The van der Waals surface area contributed by atoms with Crippen molar-refractivity contribution in [3.05, 3.63) is 72.3 Å². The van der Waals surface area contributed by atoms with Gasteiger partial charge in [0.25, 0.3) is 0 Å². The van der Waals surface area contributed by atoms with E-state index in [0.717, 1.165) is 24.6 Å². The molecule has 0 bridgehead atoms. The van der Waals surface area contributed by atoms with Gasteiger partial charge in [0.05, 0.1) is 6.61 Å². The van der Waals surface area contributed by atoms with Crippen molar-refractivity contribution in [1.29, 1.82) is 0 Å². The van der Waals surface area contributed by atoms with Crippen LogP contribution in [0.5, 0.6) is 11.5 Å². The van der Waals surface area contributed by atoms with Gasteiger partial charge in [0.15, 0.2) is 11.5 Å². The van der Waals surface area contributed by atoms with Crippen LogP contribution in [0.2, 0.25) is 0 Å². The van der Waals surface area contributed by atoms with E-state index in [0.29, 0.717) is 13.2 Å². The van der Waals surface area contributed by atoms with Crippen LogP contribution in [0.15, 0.2) is 61.2 Å². The molecular weight excluding hydrogens is 274 g/mol.